The second kappa shape index (κ2) is 13.5. The standard InChI is InChI=1S/C22H27FN2O5.ClH/c1-16(14-29-20-10-9-18(23)13-19(20)21(26)28-3)25(12-11-24-2)22(27)30-15-17-7-5-4-6-8-17;/h4-10,13,16,24H,11-12,14-15H2,1-3H3;1H. The molecule has 0 heterocycles. The maximum atomic E-state index is 13.5. The first-order valence-corrected chi connectivity index (χ1v) is 9.58. The average Bonchev–Trinajstić information content (AvgIpc) is 2.77. The molecule has 0 aliphatic rings. The van der Waals surface area contributed by atoms with Crippen LogP contribution in [0.25, 0.3) is 0 Å². The van der Waals surface area contributed by atoms with Crippen LogP contribution in [0.2, 0.25) is 0 Å². The zero-order chi connectivity index (χ0) is 21.9. The predicted molar refractivity (Wildman–Crippen MR) is 117 cm³/mol. The molecule has 9 heteroatoms. The fraction of sp³-hybridized carbons (Fsp3) is 0.364. The maximum absolute atomic E-state index is 13.5. The normalized spacial score (nSPS) is 11.1. The summed E-state index contributed by atoms with van der Waals surface area (Å²) >= 11 is 0. The Balaban J connectivity index is 0.00000480. The highest BCUT2D eigenvalue weighted by molar-refractivity contribution is 5.92. The second-order valence-corrected chi connectivity index (χ2v) is 6.63. The van der Waals surface area contributed by atoms with E-state index in [1.807, 2.05) is 30.3 Å². The number of carbonyl (C=O) groups is 2. The third kappa shape index (κ3) is 8.07. The van der Waals surface area contributed by atoms with Gasteiger partial charge in [-0.1, -0.05) is 30.3 Å². The van der Waals surface area contributed by atoms with Crippen LogP contribution in [-0.2, 0) is 16.1 Å². The van der Waals surface area contributed by atoms with Crippen LogP contribution in [0.5, 0.6) is 5.75 Å². The molecule has 0 saturated heterocycles. The first kappa shape index (κ1) is 26.2. The minimum absolute atomic E-state index is 0. The van der Waals surface area contributed by atoms with Gasteiger partial charge in [0.2, 0.25) is 0 Å². The van der Waals surface area contributed by atoms with Crippen LogP contribution in [0.1, 0.15) is 22.8 Å². The zero-order valence-electron chi connectivity index (χ0n) is 17.8. The van der Waals surface area contributed by atoms with E-state index in [2.05, 4.69) is 10.1 Å². The lowest BCUT2D eigenvalue weighted by Crippen LogP contribution is -2.45. The highest BCUT2D eigenvalue weighted by Crippen LogP contribution is 2.21. The third-order valence-corrected chi connectivity index (χ3v) is 4.40. The molecule has 31 heavy (non-hydrogen) atoms. The van der Waals surface area contributed by atoms with Gasteiger partial charge in [0.05, 0.1) is 13.2 Å². The molecule has 2 aromatic carbocycles. The molecule has 1 atom stereocenters. The number of carbonyl (C=O) groups excluding carboxylic acids is 2. The largest absolute Gasteiger partial charge is 0.491 e. The Kier molecular flexibility index (Phi) is 11.4. The zero-order valence-corrected chi connectivity index (χ0v) is 18.6. The molecule has 1 N–H and O–H groups in total. The van der Waals surface area contributed by atoms with Gasteiger partial charge in [0.25, 0.3) is 0 Å². The first-order valence-electron chi connectivity index (χ1n) is 9.58. The van der Waals surface area contributed by atoms with Gasteiger partial charge < -0.3 is 24.4 Å². The molecule has 0 aliphatic carbocycles. The monoisotopic (exact) mass is 454 g/mol. The van der Waals surface area contributed by atoms with Gasteiger partial charge in [-0.2, -0.15) is 0 Å². The highest BCUT2D eigenvalue weighted by atomic mass is 35.5. The molecule has 2 aromatic rings. The van der Waals surface area contributed by atoms with Crippen molar-refractivity contribution in [3.63, 3.8) is 0 Å². The summed E-state index contributed by atoms with van der Waals surface area (Å²) in [4.78, 5) is 26.1. The van der Waals surface area contributed by atoms with E-state index in [9.17, 15) is 14.0 Å². The molecule has 0 spiro atoms. The van der Waals surface area contributed by atoms with Crippen LogP contribution in [0.15, 0.2) is 48.5 Å². The number of esters is 1. The number of likely N-dealkylation sites (N-methyl/N-ethyl adjacent to an activating group) is 1. The number of rotatable bonds is 10. The molecule has 0 radical (unpaired) electrons. The predicted octanol–water partition coefficient (Wildman–Crippen LogP) is 3.66. The quantitative estimate of drug-likeness (QED) is 0.552. The molecule has 0 fully saturated rings. The number of hydrogen-bond acceptors (Lipinski definition) is 6. The van der Waals surface area contributed by atoms with E-state index in [0.717, 1.165) is 11.6 Å². The van der Waals surface area contributed by atoms with Crippen molar-refractivity contribution < 1.29 is 28.2 Å². The number of amides is 1. The molecular formula is C22H28ClFN2O5. The molecule has 2 rings (SSSR count). The topological polar surface area (TPSA) is 77.1 Å². The van der Waals surface area contributed by atoms with Gasteiger partial charge >= 0.3 is 12.1 Å². The van der Waals surface area contributed by atoms with Crippen LogP contribution in [0.3, 0.4) is 0 Å². The van der Waals surface area contributed by atoms with Crippen LogP contribution in [-0.4, -0.2) is 56.9 Å². The summed E-state index contributed by atoms with van der Waals surface area (Å²) in [7, 11) is 3.00. The summed E-state index contributed by atoms with van der Waals surface area (Å²) in [5, 5.41) is 3.00. The van der Waals surface area contributed by atoms with E-state index in [1.165, 1.54) is 19.2 Å². The van der Waals surface area contributed by atoms with E-state index in [-0.39, 0.29) is 43.0 Å². The minimum Gasteiger partial charge on any atom is -0.491 e. The highest BCUT2D eigenvalue weighted by Gasteiger charge is 2.23. The Bertz CT molecular complexity index is 838. The van der Waals surface area contributed by atoms with Crippen molar-refractivity contribution in [3.05, 3.63) is 65.5 Å². The molecule has 1 amide bonds. The summed E-state index contributed by atoms with van der Waals surface area (Å²) < 4.78 is 29.3. The fourth-order valence-electron chi connectivity index (χ4n) is 2.72. The SMILES string of the molecule is CNCCN(C(=O)OCc1ccccc1)C(C)COc1ccc(F)cc1C(=O)OC.Cl. The minimum atomic E-state index is -0.702. The Morgan fingerprint density at radius 2 is 1.87 bits per heavy atom. The molecule has 170 valence electrons. The van der Waals surface area contributed by atoms with Crippen molar-refractivity contribution in [1.29, 1.82) is 0 Å². The smallest absolute Gasteiger partial charge is 0.410 e. The van der Waals surface area contributed by atoms with Crippen molar-refractivity contribution in [1.82, 2.24) is 10.2 Å². The maximum Gasteiger partial charge on any atom is 0.410 e. The average molecular weight is 455 g/mol. The second-order valence-electron chi connectivity index (χ2n) is 6.63. The van der Waals surface area contributed by atoms with Gasteiger partial charge in [-0.3, -0.25) is 0 Å². The Morgan fingerprint density at radius 3 is 2.52 bits per heavy atom. The molecular weight excluding hydrogens is 427 g/mol. The van der Waals surface area contributed by atoms with Gasteiger partial charge in [-0.25, -0.2) is 14.0 Å². The summed E-state index contributed by atoms with van der Waals surface area (Å²) in [6.45, 7) is 3.02. The molecule has 7 nitrogen and oxygen atoms in total. The van der Waals surface area contributed by atoms with Crippen LogP contribution in [0, 0.1) is 5.82 Å². The number of nitrogens with zero attached hydrogens (tertiary/aromatic N) is 1. The van der Waals surface area contributed by atoms with Gasteiger partial charge in [0.1, 0.15) is 30.3 Å². The lowest BCUT2D eigenvalue weighted by molar-refractivity contribution is 0.0585. The van der Waals surface area contributed by atoms with Gasteiger partial charge in [-0.15, -0.1) is 12.4 Å². The summed E-state index contributed by atoms with van der Waals surface area (Å²) in [6, 6.07) is 12.6. The van der Waals surface area contributed by atoms with Crippen LogP contribution < -0.4 is 10.1 Å². The Morgan fingerprint density at radius 1 is 1.16 bits per heavy atom. The lowest BCUT2D eigenvalue weighted by Gasteiger charge is -2.28. The number of methoxy groups -OCH3 is 1. The number of ether oxygens (including phenoxy) is 3. The Hall–Kier alpha value is -2.84. The van der Waals surface area contributed by atoms with Gasteiger partial charge in [-0.05, 0) is 37.7 Å². The number of halogens is 2. The number of benzene rings is 2. The molecule has 0 bridgehead atoms. The first-order chi connectivity index (χ1) is 14.5. The van der Waals surface area contributed by atoms with Crippen molar-refractivity contribution in [2.75, 3.05) is 33.9 Å². The van der Waals surface area contributed by atoms with Gasteiger partial charge in [0, 0.05) is 13.1 Å². The van der Waals surface area contributed by atoms with E-state index >= 15 is 0 Å². The molecule has 0 saturated carbocycles. The van der Waals surface area contributed by atoms with Crippen LogP contribution in [0.4, 0.5) is 9.18 Å². The van der Waals surface area contributed by atoms with E-state index in [0.29, 0.717) is 13.1 Å². The summed E-state index contributed by atoms with van der Waals surface area (Å²) in [5.41, 5.74) is 0.871. The van der Waals surface area contributed by atoms with E-state index < -0.39 is 17.9 Å². The van der Waals surface area contributed by atoms with E-state index in [4.69, 9.17) is 9.47 Å². The Labute approximate surface area is 187 Å². The van der Waals surface area contributed by atoms with Gasteiger partial charge in [0.15, 0.2) is 0 Å². The van der Waals surface area contributed by atoms with Crippen molar-refractivity contribution in [2.45, 2.75) is 19.6 Å². The lowest BCUT2D eigenvalue weighted by atomic mass is 10.2. The molecule has 0 aliphatic heterocycles. The van der Waals surface area contributed by atoms with Crippen molar-refractivity contribution in [3.8, 4) is 5.75 Å². The molecule has 1 unspecified atom stereocenters. The number of hydrogen-bond donors (Lipinski definition) is 1. The summed E-state index contributed by atoms with van der Waals surface area (Å²) in [6.07, 6.45) is -0.475. The summed E-state index contributed by atoms with van der Waals surface area (Å²) in [5.74, 6) is -1.09. The fourth-order valence-corrected chi connectivity index (χ4v) is 2.72. The third-order valence-electron chi connectivity index (χ3n) is 4.40. The number of nitrogens with one attached hydrogen (secondary N) is 1. The van der Waals surface area contributed by atoms with Crippen molar-refractivity contribution >= 4 is 24.5 Å². The van der Waals surface area contributed by atoms with Crippen molar-refractivity contribution in [2.24, 2.45) is 0 Å². The molecule has 0 aromatic heterocycles. The van der Waals surface area contributed by atoms with Crippen LogP contribution >= 0.6 is 12.4 Å². The van der Waals surface area contributed by atoms with E-state index in [1.54, 1.807) is 18.9 Å².